The third-order valence-corrected chi connectivity index (χ3v) is 7.10. The SMILES string of the molecule is CC(=O)c1ccc(CC(=O)c2cccc(N3CCOCC3)n2)c(N2CCC3(CC2)CC3)n1. The summed E-state index contributed by atoms with van der Waals surface area (Å²) in [6, 6.07) is 9.24. The molecule has 2 aliphatic heterocycles. The highest BCUT2D eigenvalue weighted by Gasteiger charge is 2.44. The molecule has 3 aliphatic rings. The number of piperidine rings is 1. The predicted octanol–water partition coefficient (Wildman–Crippen LogP) is 3.32. The minimum atomic E-state index is -0.0559. The van der Waals surface area contributed by atoms with Gasteiger partial charge < -0.3 is 14.5 Å². The van der Waals surface area contributed by atoms with E-state index in [1.807, 2.05) is 18.2 Å². The molecule has 0 bridgehead atoms. The molecule has 32 heavy (non-hydrogen) atoms. The van der Waals surface area contributed by atoms with Crippen molar-refractivity contribution in [3.63, 3.8) is 0 Å². The van der Waals surface area contributed by atoms with Gasteiger partial charge in [0.15, 0.2) is 11.6 Å². The number of Topliss-reactive ketones (excluding diaryl/α,β-unsaturated/α-hetero) is 2. The summed E-state index contributed by atoms with van der Waals surface area (Å²) in [5.74, 6) is 1.51. The van der Waals surface area contributed by atoms with Crippen LogP contribution in [0.2, 0.25) is 0 Å². The Labute approximate surface area is 188 Å². The second-order valence-corrected chi connectivity index (χ2v) is 9.30. The molecule has 0 amide bonds. The first-order chi connectivity index (χ1) is 15.5. The summed E-state index contributed by atoms with van der Waals surface area (Å²) >= 11 is 0. The van der Waals surface area contributed by atoms with Crippen LogP contribution in [0.25, 0.3) is 0 Å². The molecule has 2 aromatic rings. The van der Waals surface area contributed by atoms with Crippen LogP contribution in [0.1, 0.15) is 59.1 Å². The molecule has 1 aliphatic carbocycles. The van der Waals surface area contributed by atoms with Gasteiger partial charge in [-0.25, -0.2) is 9.97 Å². The van der Waals surface area contributed by atoms with Gasteiger partial charge in [0.1, 0.15) is 23.0 Å². The lowest BCUT2D eigenvalue weighted by Crippen LogP contribution is -2.37. The van der Waals surface area contributed by atoms with Crippen molar-refractivity contribution < 1.29 is 14.3 Å². The molecular formula is C25H30N4O3. The van der Waals surface area contributed by atoms with Gasteiger partial charge in [-0.05, 0) is 49.3 Å². The highest BCUT2D eigenvalue weighted by molar-refractivity contribution is 5.97. The molecule has 2 aromatic heterocycles. The minimum Gasteiger partial charge on any atom is -0.378 e. The fourth-order valence-corrected chi connectivity index (χ4v) is 4.77. The van der Waals surface area contributed by atoms with Crippen molar-refractivity contribution in [2.75, 3.05) is 49.2 Å². The van der Waals surface area contributed by atoms with Gasteiger partial charge in [-0.2, -0.15) is 0 Å². The van der Waals surface area contributed by atoms with Crippen molar-refractivity contribution >= 4 is 23.2 Å². The molecule has 0 atom stereocenters. The summed E-state index contributed by atoms with van der Waals surface area (Å²) in [6.45, 7) is 6.31. The summed E-state index contributed by atoms with van der Waals surface area (Å²) in [4.78, 5) is 38.9. The Balaban J connectivity index is 1.37. The van der Waals surface area contributed by atoms with E-state index in [1.54, 1.807) is 12.1 Å². The Morgan fingerprint density at radius 2 is 1.66 bits per heavy atom. The number of morpholine rings is 1. The van der Waals surface area contributed by atoms with Crippen LogP contribution in [0, 0.1) is 5.41 Å². The minimum absolute atomic E-state index is 0.0330. The highest BCUT2D eigenvalue weighted by atomic mass is 16.5. The van der Waals surface area contributed by atoms with E-state index in [0.717, 1.165) is 56.2 Å². The zero-order valence-corrected chi connectivity index (χ0v) is 18.7. The first-order valence-corrected chi connectivity index (χ1v) is 11.6. The van der Waals surface area contributed by atoms with Gasteiger partial charge in [0.2, 0.25) is 0 Å². The van der Waals surface area contributed by atoms with E-state index >= 15 is 0 Å². The van der Waals surface area contributed by atoms with Crippen LogP contribution in [-0.4, -0.2) is 60.9 Å². The van der Waals surface area contributed by atoms with Crippen LogP contribution in [0.5, 0.6) is 0 Å². The van der Waals surface area contributed by atoms with E-state index in [2.05, 4.69) is 19.8 Å². The second kappa shape index (κ2) is 8.62. The van der Waals surface area contributed by atoms with E-state index in [0.29, 0.717) is 30.0 Å². The van der Waals surface area contributed by atoms with Crippen LogP contribution in [0.15, 0.2) is 30.3 Å². The molecule has 0 unspecified atom stereocenters. The average molecular weight is 435 g/mol. The summed E-state index contributed by atoms with van der Waals surface area (Å²) < 4.78 is 5.42. The van der Waals surface area contributed by atoms with Crippen LogP contribution < -0.4 is 9.80 Å². The molecule has 0 N–H and O–H groups in total. The van der Waals surface area contributed by atoms with Crippen molar-refractivity contribution in [2.45, 2.75) is 39.0 Å². The lowest BCUT2D eigenvalue weighted by molar-refractivity contribution is 0.0986. The van der Waals surface area contributed by atoms with Crippen molar-refractivity contribution in [1.29, 1.82) is 0 Å². The number of aromatic nitrogens is 2. The van der Waals surface area contributed by atoms with Gasteiger partial charge in [-0.3, -0.25) is 9.59 Å². The maximum Gasteiger partial charge on any atom is 0.185 e. The van der Waals surface area contributed by atoms with Crippen LogP contribution in [-0.2, 0) is 11.2 Å². The zero-order valence-electron chi connectivity index (χ0n) is 18.7. The number of carbonyl (C=O) groups excluding carboxylic acids is 2. The normalized spacial score (nSPS) is 19.8. The van der Waals surface area contributed by atoms with Crippen molar-refractivity contribution in [3.05, 3.63) is 47.3 Å². The number of pyridine rings is 2. The Morgan fingerprint density at radius 1 is 0.906 bits per heavy atom. The highest BCUT2D eigenvalue weighted by Crippen LogP contribution is 2.54. The van der Waals surface area contributed by atoms with Crippen LogP contribution in [0.4, 0.5) is 11.6 Å². The van der Waals surface area contributed by atoms with Crippen LogP contribution >= 0.6 is 0 Å². The fourth-order valence-electron chi connectivity index (χ4n) is 4.77. The molecule has 0 aromatic carbocycles. The summed E-state index contributed by atoms with van der Waals surface area (Å²) in [5.41, 5.74) is 2.33. The van der Waals surface area contributed by atoms with Gasteiger partial charge in [-0.1, -0.05) is 12.1 Å². The van der Waals surface area contributed by atoms with E-state index in [4.69, 9.17) is 4.74 Å². The van der Waals surface area contributed by atoms with E-state index in [1.165, 1.54) is 19.8 Å². The summed E-state index contributed by atoms with van der Waals surface area (Å²) in [7, 11) is 0. The first-order valence-electron chi connectivity index (χ1n) is 11.6. The number of hydrogen-bond donors (Lipinski definition) is 0. The molecule has 1 saturated carbocycles. The fraction of sp³-hybridized carbons (Fsp3) is 0.520. The molecule has 4 heterocycles. The largest absolute Gasteiger partial charge is 0.378 e. The van der Waals surface area contributed by atoms with E-state index < -0.39 is 0 Å². The number of hydrogen-bond acceptors (Lipinski definition) is 7. The quantitative estimate of drug-likeness (QED) is 0.646. The Kier molecular flexibility index (Phi) is 5.67. The van der Waals surface area contributed by atoms with Crippen LogP contribution in [0.3, 0.4) is 0 Å². The molecule has 0 radical (unpaired) electrons. The molecule has 7 heteroatoms. The number of ketones is 2. The number of ether oxygens (including phenoxy) is 1. The predicted molar refractivity (Wildman–Crippen MR) is 123 cm³/mol. The lowest BCUT2D eigenvalue weighted by Gasteiger charge is -2.34. The first kappa shape index (κ1) is 21.1. The molecule has 1 spiro atoms. The third-order valence-electron chi connectivity index (χ3n) is 7.10. The van der Waals surface area contributed by atoms with Crippen molar-refractivity contribution in [3.8, 4) is 0 Å². The van der Waals surface area contributed by atoms with Gasteiger partial charge in [0.05, 0.1) is 13.2 Å². The molecule has 3 fully saturated rings. The summed E-state index contributed by atoms with van der Waals surface area (Å²) in [5, 5.41) is 0. The number of nitrogens with zero attached hydrogens (tertiary/aromatic N) is 4. The molecule has 168 valence electrons. The Hall–Kier alpha value is -2.80. The van der Waals surface area contributed by atoms with Gasteiger partial charge in [-0.15, -0.1) is 0 Å². The Morgan fingerprint density at radius 3 is 2.34 bits per heavy atom. The maximum absolute atomic E-state index is 13.2. The smallest absolute Gasteiger partial charge is 0.185 e. The maximum atomic E-state index is 13.2. The third kappa shape index (κ3) is 4.39. The van der Waals surface area contributed by atoms with E-state index in [9.17, 15) is 9.59 Å². The topological polar surface area (TPSA) is 75.6 Å². The zero-order chi connectivity index (χ0) is 22.1. The molecular weight excluding hydrogens is 404 g/mol. The lowest BCUT2D eigenvalue weighted by atomic mass is 9.93. The molecule has 2 saturated heterocycles. The van der Waals surface area contributed by atoms with Gasteiger partial charge in [0.25, 0.3) is 0 Å². The average Bonchev–Trinajstić information content (AvgIpc) is 3.59. The van der Waals surface area contributed by atoms with Crippen molar-refractivity contribution in [2.24, 2.45) is 5.41 Å². The monoisotopic (exact) mass is 434 g/mol. The van der Waals surface area contributed by atoms with Gasteiger partial charge in [0, 0.05) is 45.1 Å². The number of rotatable bonds is 6. The second-order valence-electron chi connectivity index (χ2n) is 9.30. The summed E-state index contributed by atoms with van der Waals surface area (Å²) in [6.07, 6.45) is 5.21. The number of carbonyl (C=O) groups is 2. The Bertz CT molecular complexity index is 1020. The molecule has 7 nitrogen and oxygen atoms in total. The van der Waals surface area contributed by atoms with Gasteiger partial charge >= 0.3 is 0 Å². The van der Waals surface area contributed by atoms with Crippen molar-refractivity contribution in [1.82, 2.24) is 9.97 Å². The number of anilines is 2. The van der Waals surface area contributed by atoms with E-state index in [-0.39, 0.29) is 18.0 Å². The molecule has 5 rings (SSSR count). The standard InChI is InChI=1S/C25H30N4O3/c1-18(30)20-6-5-19(24(27-20)29-11-9-25(7-8-25)10-12-29)17-22(31)21-3-2-4-23(26-21)28-13-15-32-16-14-28/h2-6H,7-17H2,1H3.